The molecule has 1 aliphatic rings. The molecule has 0 aromatic carbocycles. The molecule has 1 aliphatic heterocycles. The summed E-state index contributed by atoms with van der Waals surface area (Å²) in [4.78, 5) is 25.3. The van der Waals surface area contributed by atoms with Crippen molar-refractivity contribution in [2.45, 2.75) is 26.7 Å². The molecular weight excluding hydrogens is 266 g/mol. The van der Waals surface area contributed by atoms with Crippen molar-refractivity contribution in [2.24, 2.45) is 11.1 Å². The van der Waals surface area contributed by atoms with Gasteiger partial charge in [-0.05, 0) is 18.9 Å². The number of anilines is 1. The van der Waals surface area contributed by atoms with Crippen molar-refractivity contribution < 1.29 is 4.79 Å². The average molecular weight is 291 g/mol. The number of amides is 1. The average Bonchev–Trinajstić information content (AvgIpc) is 2.58. The van der Waals surface area contributed by atoms with Crippen LogP contribution in [0.2, 0.25) is 0 Å². The number of nitrogens with two attached hydrogens (primary N) is 1. The SMILES string of the molecule is CCC(CC)(CN)C(=O)N1CCN(c2ncccn2)CC1. The molecule has 21 heavy (non-hydrogen) atoms. The molecule has 6 nitrogen and oxygen atoms in total. The molecule has 2 N–H and O–H groups in total. The molecule has 0 atom stereocenters. The number of hydrogen-bond acceptors (Lipinski definition) is 5. The zero-order chi connectivity index (χ0) is 15.3. The minimum absolute atomic E-state index is 0.198. The Bertz CT molecular complexity index is 444. The van der Waals surface area contributed by atoms with Gasteiger partial charge < -0.3 is 15.5 Å². The van der Waals surface area contributed by atoms with Crippen molar-refractivity contribution in [3.05, 3.63) is 18.5 Å². The standard InChI is InChI=1S/C15H25N5O/c1-3-15(4-2,12-16)13(21)19-8-10-20(11-9-19)14-17-6-5-7-18-14/h5-7H,3-4,8-12,16H2,1-2H3. The van der Waals surface area contributed by atoms with Crippen molar-refractivity contribution >= 4 is 11.9 Å². The maximum Gasteiger partial charge on any atom is 0.230 e. The Morgan fingerprint density at radius 3 is 2.24 bits per heavy atom. The first kappa shape index (κ1) is 15.7. The van der Waals surface area contributed by atoms with E-state index in [4.69, 9.17) is 5.73 Å². The van der Waals surface area contributed by atoms with E-state index in [-0.39, 0.29) is 5.91 Å². The predicted octanol–water partition coefficient (Wildman–Crippen LogP) is 0.890. The molecule has 0 unspecified atom stereocenters. The number of aromatic nitrogens is 2. The first-order valence-electron chi connectivity index (χ1n) is 7.68. The lowest BCUT2D eigenvalue weighted by Crippen LogP contribution is -2.55. The molecule has 0 saturated carbocycles. The molecule has 0 aliphatic carbocycles. The monoisotopic (exact) mass is 291 g/mol. The van der Waals surface area contributed by atoms with Gasteiger partial charge >= 0.3 is 0 Å². The van der Waals surface area contributed by atoms with E-state index >= 15 is 0 Å². The van der Waals surface area contributed by atoms with Gasteiger partial charge in [0.2, 0.25) is 11.9 Å². The predicted molar refractivity (Wildman–Crippen MR) is 82.9 cm³/mol. The smallest absolute Gasteiger partial charge is 0.230 e. The highest BCUT2D eigenvalue weighted by Crippen LogP contribution is 2.28. The quantitative estimate of drug-likeness (QED) is 0.872. The Morgan fingerprint density at radius 1 is 1.19 bits per heavy atom. The van der Waals surface area contributed by atoms with Gasteiger partial charge in [0.15, 0.2) is 0 Å². The zero-order valence-electron chi connectivity index (χ0n) is 13.0. The van der Waals surface area contributed by atoms with Crippen molar-refractivity contribution in [2.75, 3.05) is 37.6 Å². The van der Waals surface area contributed by atoms with Crippen LogP contribution in [0.3, 0.4) is 0 Å². The van der Waals surface area contributed by atoms with Crippen LogP contribution < -0.4 is 10.6 Å². The van der Waals surface area contributed by atoms with Crippen molar-refractivity contribution in [1.29, 1.82) is 0 Å². The number of hydrogen-bond donors (Lipinski definition) is 1. The van der Waals surface area contributed by atoms with Gasteiger partial charge in [-0.1, -0.05) is 13.8 Å². The Hall–Kier alpha value is -1.69. The topological polar surface area (TPSA) is 75.4 Å². The minimum atomic E-state index is -0.397. The molecule has 0 bridgehead atoms. The Kier molecular flexibility index (Phi) is 5.12. The second kappa shape index (κ2) is 6.85. The highest BCUT2D eigenvalue weighted by atomic mass is 16.2. The highest BCUT2D eigenvalue weighted by molar-refractivity contribution is 5.83. The summed E-state index contributed by atoms with van der Waals surface area (Å²) in [6, 6.07) is 1.81. The molecule has 0 radical (unpaired) electrons. The summed E-state index contributed by atoms with van der Waals surface area (Å²) in [6.45, 7) is 7.46. The van der Waals surface area contributed by atoms with E-state index in [0.29, 0.717) is 19.6 Å². The third-order valence-electron chi connectivity index (χ3n) is 4.60. The van der Waals surface area contributed by atoms with Crippen LogP contribution in [0.1, 0.15) is 26.7 Å². The van der Waals surface area contributed by atoms with E-state index in [9.17, 15) is 4.79 Å². The molecular formula is C15H25N5O. The Labute approximate surface area is 126 Å². The summed E-state index contributed by atoms with van der Waals surface area (Å²) >= 11 is 0. The van der Waals surface area contributed by atoms with Gasteiger partial charge in [0.05, 0.1) is 5.41 Å². The van der Waals surface area contributed by atoms with Crippen molar-refractivity contribution in [3.8, 4) is 0 Å². The van der Waals surface area contributed by atoms with E-state index in [1.807, 2.05) is 18.7 Å². The van der Waals surface area contributed by atoms with E-state index < -0.39 is 5.41 Å². The lowest BCUT2D eigenvalue weighted by Gasteiger charge is -2.40. The number of rotatable bonds is 5. The molecule has 1 fully saturated rings. The summed E-state index contributed by atoms with van der Waals surface area (Å²) in [6.07, 6.45) is 5.07. The van der Waals surface area contributed by atoms with Crippen LogP contribution in [0.15, 0.2) is 18.5 Å². The molecule has 1 amide bonds. The molecule has 1 aromatic heterocycles. The molecule has 0 spiro atoms. The summed E-state index contributed by atoms with van der Waals surface area (Å²) < 4.78 is 0. The Morgan fingerprint density at radius 2 is 1.76 bits per heavy atom. The first-order chi connectivity index (χ1) is 10.2. The summed E-state index contributed by atoms with van der Waals surface area (Å²) in [5.74, 6) is 0.935. The number of nitrogens with zero attached hydrogens (tertiary/aromatic N) is 4. The molecule has 6 heteroatoms. The van der Waals surface area contributed by atoms with E-state index in [1.165, 1.54) is 0 Å². The highest BCUT2D eigenvalue weighted by Gasteiger charge is 2.37. The van der Waals surface area contributed by atoms with Gasteiger partial charge in [-0.15, -0.1) is 0 Å². The number of carbonyl (C=O) groups excluding carboxylic acids is 1. The third kappa shape index (κ3) is 3.15. The van der Waals surface area contributed by atoms with Crippen LogP contribution in [0.5, 0.6) is 0 Å². The largest absolute Gasteiger partial charge is 0.339 e. The minimum Gasteiger partial charge on any atom is -0.339 e. The van der Waals surface area contributed by atoms with Crippen LogP contribution in [0, 0.1) is 5.41 Å². The summed E-state index contributed by atoms with van der Waals surface area (Å²) in [5.41, 5.74) is 5.48. The number of carbonyl (C=O) groups is 1. The molecule has 1 saturated heterocycles. The van der Waals surface area contributed by atoms with Crippen molar-refractivity contribution in [1.82, 2.24) is 14.9 Å². The lowest BCUT2D eigenvalue weighted by molar-refractivity contribution is -0.142. The molecule has 116 valence electrons. The van der Waals surface area contributed by atoms with Crippen LogP contribution in [0.4, 0.5) is 5.95 Å². The zero-order valence-corrected chi connectivity index (χ0v) is 13.0. The third-order valence-corrected chi connectivity index (χ3v) is 4.60. The van der Waals surface area contributed by atoms with E-state index in [1.54, 1.807) is 18.5 Å². The van der Waals surface area contributed by atoms with Crippen LogP contribution >= 0.6 is 0 Å². The van der Waals surface area contributed by atoms with Gasteiger partial charge in [0.1, 0.15) is 0 Å². The first-order valence-corrected chi connectivity index (χ1v) is 7.68. The maximum absolute atomic E-state index is 12.8. The molecule has 2 rings (SSSR count). The van der Waals surface area contributed by atoms with E-state index in [2.05, 4.69) is 14.9 Å². The molecule has 2 heterocycles. The fraction of sp³-hybridized carbons (Fsp3) is 0.667. The maximum atomic E-state index is 12.8. The van der Waals surface area contributed by atoms with Crippen LogP contribution in [-0.4, -0.2) is 53.5 Å². The van der Waals surface area contributed by atoms with Gasteiger partial charge in [-0.2, -0.15) is 0 Å². The second-order valence-electron chi connectivity index (χ2n) is 5.52. The lowest BCUT2D eigenvalue weighted by atomic mass is 9.81. The van der Waals surface area contributed by atoms with E-state index in [0.717, 1.165) is 31.9 Å². The van der Waals surface area contributed by atoms with Gasteiger partial charge in [0.25, 0.3) is 0 Å². The van der Waals surface area contributed by atoms with Gasteiger partial charge in [-0.3, -0.25) is 4.79 Å². The van der Waals surface area contributed by atoms with Gasteiger partial charge in [-0.25, -0.2) is 9.97 Å². The van der Waals surface area contributed by atoms with Crippen LogP contribution in [-0.2, 0) is 4.79 Å². The summed E-state index contributed by atoms with van der Waals surface area (Å²) in [7, 11) is 0. The summed E-state index contributed by atoms with van der Waals surface area (Å²) in [5, 5.41) is 0. The fourth-order valence-electron chi connectivity index (χ4n) is 2.83. The second-order valence-corrected chi connectivity index (χ2v) is 5.52. The normalized spacial score (nSPS) is 16.1. The van der Waals surface area contributed by atoms with Crippen molar-refractivity contribution in [3.63, 3.8) is 0 Å². The van der Waals surface area contributed by atoms with Gasteiger partial charge in [0, 0.05) is 45.1 Å². The number of piperazine rings is 1. The molecule has 1 aromatic rings. The fourth-order valence-corrected chi connectivity index (χ4v) is 2.83. The Balaban J connectivity index is 1.99. The van der Waals surface area contributed by atoms with Crippen LogP contribution in [0.25, 0.3) is 0 Å².